The fourth-order valence-corrected chi connectivity index (χ4v) is 2.42. The van der Waals surface area contributed by atoms with E-state index in [1.807, 2.05) is 0 Å². The van der Waals surface area contributed by atoms with E-state index in [0.717, 1.165) is 17.4 Å². The minimum absolute atomic E-state index is 0.0112. The fraction of sp³-hybridized carbons (Fsp3) is 0.583. The van der Waals surface area contributed by atoms with Gasteiger partial charge in [0, 0.05) is 12.2 Å². The Kier molecular flexibility index (Phi) is 3.65. The maximum atomic E-state index is 12.9. The van der Waals surface area contributed by atoms with Gasteiger partial charge in [-0.05, 0) is 31.9 Å². The van der Waals surface area contributed by atoms with Gasteiger partial charge in [0.15, 0.2) is 0 Å². The molecule has 18 heavy (non-hydrogen) atoms. The van der Waals surface area contributed by atoms with Gasteiger partial charge in [0.25, 0.3) is 5.91 Å². The molecule has 6 heteroatoms. The quantitative estimate of drug-likeness (QED) is 0.898. The highest BCUT2D eigenvalue weighted by Crippen LogP contribution is 2.24. The van der Waals surface area contributed by atoms with E-state index in [4.69, 9.17) is 5.11 Å². The van der Waals surface area contributed by atoms with E-state index in [1.54, 1.807) is 0 Å². The maximum absolute atomic E-state index is 12.9. The number of alkyl halides is 2. The second-order valence-corrected chi connectivity index (χ2v) is 4.48. The van der Waals surface area contributed by atoms with Crippen LogP contribution in [0, 0.1) is 6.92 Å². The summed E-state index contributed by atoms with van der Waals surface area (Å²) in [5.74, 6) is -0.431. The Morgan fingerprint density at radius 2 is 2.28 bits per heavy atom. The van der Waals surface area contributed by atoms with E-state index >= 15 is 0 Å². The molecule has 0 spiro atoms. The molecule has 0 radical (unpaired) electrons. The summed E-state index contributed by atoms with van der Waals surface area (Å²) in [6.07, 6.45) is 1.52. The normalized spacial score (nSPS) is 19.8. The molecule has 0 aliphatic carbocycles. The monoisotopic (exact) mass is 258 g/mol. The van der Waals surface area contributed by atoms with Crippen LogP contribution in [0.15, 0.2) is 12.1 Å². The SMILES string of the molecule is Cc1ccc(C(=O)N2CCC[C@@H]2CO)n1C(F)F. The smallest absolute Gasteiger partial charge is 0.319 e. The Balaban J connectivity index is 2.29. The number of carbonyl (C=O) groups excluding carboxylic acids is 1. The minimum Gasteiger partial charge on any atom is -0.394 e. The predicted molar refractivity (Wildman–Crippen MR) is 61.6 cm³/mol. The van der Waals surface area contributed by atoms with E-state index < -0.39 is 12.5 Å². The first kappa shape index (κ1) is 13.0. The van der Waals surface area contributed by atoms with Crippen molar-refractivity contribution in [2.75, 3.05) is 13.2 Å². The topological polar surface area (TPSA) is 45.5 Å². The number of aryl methyl sites for hydroxylation is 1. The van der Waals surface area contributed by atoms with Crippen molar-refractivity contribution in [2.45, 2.75) is 32.4 Å². The Labute approximate surface area is 104 Å². The van der Waals surface area contributed by atoms with Crippen molar-refractivity contribution in [1.82, 2.24) is 9.47 Å². The number of aliphatic hydroxyl groups is 1. The summed E-state index contributed by atoms with van der Waals surface area (Å²) >= 11 is 0. The van der Waals surface area contributed by atoms with Gasteiger partial charge in [-0.2, -0.15) is 8.78 Å². The average molecular weight is 258 g/mol. The summed E-state index contributed by atoms with van der Waals surface area (Å²) in [5.41, 5.74) is 0.343. The van der Waals surface area contributed by atoms with Crippen molar-refractivity contribution < 1.29 is 18.7 Å². The number of hydrogen-bond acceptors (Lipinski definition) is 2. The Morgan fingerprint density at radius 1 is 1.56 bits per heavy atom. The number of amides is 1. The number of nitrogens with zero attached hydrogens (tertiary/aromatic N) is 2. The first-order valence-corrected chi connectivity index (χ1v) is 5.94. The standard InChI is InChI=1S/C12H16F2N2O2/c1-8-4-5-10(16(8)12(13)14)11(18)15-6-2-3-9(15)7-17/h4-5,9,12,17H,2-3,6-7H2,1H3/t9-/m1/s1. The van der Waals surface area contributed by atoms with Crippen LogP contribution in [0.2, 0.25) is 0 Å². The molecule has 1 aliphatic heterocycles. The van der Waals surface area contributed by atoms with Gasteiger partial charge in [0.05, 0.1) is 12.6 Å². The van der Waals surface area contributed by atoms with Crippen molar-refractivity contribution in [3.8, 4) is 0 Å². The van der Waals surface area contributed by atoms with Gasteiger partial charge < -0.3 is 10.0 Å². The highest BCUT2D eigenvalue weighted by atomic mass is 19.3. The summed E-state index contributed by atoms with van der Waals surface area (Å²) in [7, 11) is 0. The number of rotatable bonds is 3. The number of aromatic nitrogens is 1. The lowest BCUT2D eigenvalue weighted by Crippen LogP contribution is -2.38. The van der Waals surface area contributed by atoms with Crippen LogP contribution in [0.3, 0.4) is 0 Å². The highest BCUT2D eigenvalue weighted by Gasteiger charge is 2.31. The average Bonchev–Trinajstić information content (AvgIpc) is 2.93. The summed E-state index contributed by atoms with van der Waals surface area (Å²) in [4.78, 5) is 13.7. The van der Waals surface area contributed by atoms with Crippen molar-refractivity contribution in [2.24, 2.45) is 0 Å². The molecule has 1 saturated heterocycles. The molecule has 4 nitrogen and oxygen atoms in total. The molecule has 1 amide bonds. The van der Waals surface area contributed by atoms with E-state index in [0.29, 0.717) is 12.2 Å². The van der Waals surface area contributed by atoms with Crippen molar-refractivity contribution in [3.63, 3.8) is 0 Å². The zero-order chi connectivity index (χ0) is 13.3. The fourth-order valence-electron chi connectivity index (χ4n) is 2.42. The predicted octanol–water partition coefficient (Wildman–Crippen LogP) is 1.79. The molecule has 0 saturated carbocycles. The zero-order valence-corrected chi connectivity index (χ0v) is 10.1. The van der Waals surface area contributed by atoms with Gasteiger partial charge in [-0.25, -0.2) is 0 Å². The minimum atomic E-state index is -2.73. The third-order valence-corrected chi connectivity index (χ3v) is 3.38. The molecule has 2 heterocycles. The van der Waals surface area contributed by atoms with Crippen LogP contribution in [0.1, 0.15) is 35.6 Å². The van der Waals surface area contributed by atoms with Crippen LogP contribution in [-0.4, -0.2) is 39.7 Å². The van der Waals surface area contributed by atoms with E-state index in [2.05, 4.69) is 0 Å². The van der Waals surface area contributed by atoms with E-state index in [-0.39, 0.29) is 18.3 Å². The first-order chi connectivity index (χ1) is 8.56. The van der Waals surface area contributed by atoms with Gasteiger partial charge in [0.2, 0.25) is 0 Å². The number of halogens is 2. The summed E-state index contributed by atoms with van der Waals surface area (Å²) < 4.78 is 26.5. The molecule has 0 bridgehead atoms. The third-order valence-electron chi connectivity index (χ3n) is 3.38. The second kappa shape index (κ2) is 5.06. The molecule has 1 aromatic rings. The van der Waals surface area contributed by atoms with Crippen LogP contribution < -0.4 is 0 Å². The second-order valence-electron chi connectivity index (χ2n) is 4.48. The Hall–Kier alpha value is -1.43. The lowest BCUT2D eigenvalue weighted by atomic mass is 10.2. The van der Waals surface area contributed by atoms with Gasteiger partial charge in [0.1, 0.15) is 5.69 Å². The summed E-state index contributed by atoms with van der Waals surface area (Å²) in [5, 5.41) is 9.17. The highest BCUT2D eigenvalue weighted by molar-refractivity contribution is 5.93. The summed E-state index contributed by atoms with van der Waals surface area (Å²) in [6, 6.07) is 2.67. The molecule has 0 unspecified atom stereocenters. The van der Waals surface area contributed by atoms with E-state index in [9.17, 15) is 13.6 Å². The zero-order valence-electron chi connectivity index (χ0n) is 10.1. The molecular weight excluding hydrogens is 242 g/mol. The lowest BCUT2D eigenvalue weighted by molar-refractivity contribution is 0.0516. The molecule has 1 aromatic heterocycles. The maximum Gasteiger partial charge on any atom is 0.319 e. The molecule has 1 atom stereocenters. The number of aliphatic hydroxyl groups excluding tert-OH is 1. The van der Waals surface area contributed by atoms with Crippen LogP contribution in [0.5, 0.6) is 0 Å². The van der Waals surface area contributed by atoms with Crippen molar-refractivity contribution in [3.05, 3.63) is 23.5 Å². The first-order valence-electron chi connectivity index (χ1n) is 5.94. The van der Waals surface area contributed by atoms with Gasteiger partial charge >= 0.3 is 6.55 Å². The van der Waals surface area contributed by atoms with Crippen LogP contribution in [0.25, 0.3) is 0 Å². The third kappa shape index (κ3) is 2.12. The van der Waals surface area contributed by atoms with Crippen molar-refractivity contribution >= 4 is 5.91 Å². The lowest BCUT2D eigenvalue weighted by Gasteiger charge is -2.23. The van der Waals surface area contributed by atoms with Crippen LogP contribution in [0.4, 0.5) is 8.78 Å². The van der Waals surface area contributed by atoms with Gasteiger partial charge in [-0.1, -0.05) is 0 Å². The summed E-state index contributed by atoms with van der Waals surface area (Å²) in [6.45, 7) is -0.803. The Morgan fingerprint density at radius 3 is 2.89 bits per heavy atom. The molecule has 1 fully saturated rings. The molecule has 2 rings (SSSR count). The molecule has 1 aliphatic rings. The van der Waals surface area contributed by atoms with Gasteiger partial charge in [-0.3, -0.25) is 9.36 Å². The largest absolute Gasteiger partial charge is 0.394 e. The van der Waals surface area contributed by atoms with Crippen molar-refractivity contribution in [1.29, 1.82) is 0 Å². The Bertz CT molecular complexity index is 445. The molecule has 0 aromatic carbocycles. The molecule has 100 valence electrons. The molecular formula is C12H16F2N2O2. The number of likely N-dealkylation sites (tertiary alicyclic amines) is 1. The number of hydrogen-bond donors (Lipinski definition) is 1. The van der Waals surface area contributed by atoms with Gasteiger partial charge in [-0.15, -0.1) is 0 Å². The molecule has 1 N–H and O–H groups in total. The number of carbonyl (C=O) groups is 1. The van der Waals surface area contributed by atoms with Crippen LogP contribution in [-0.2, 0) is 0 Å². The van der Waals surface area contributed by atoms with Crippen LogP contribution >= 0.6 is 0 Å². The van der Waals surface area contributed by atoms with E-state index in [1.165, 1.54) is 24.0 Å².